The van der Waals surface area contributed by atoms with Gasteiger partial charge in [0.1, 0.15) is 0 Å². The van der Waals surface area contributed by atoms with Gasteiger partial charge >= 0.3 is 0 Å². The van der Waals surface area contributed by atoms with Crippen LogP contribution in [0.15, 0.2) is 22.3 Å². The van der Waals surface area contributed by atoms with Crippen molar-refractivity contribution in [3.63, 3.8) is 0 Å². The van der Waals surface area contributed by atoms with E-state index >= 15 is 0 Å². The van der Waals surface area contributed by atoms with Crippen LogP contribution in [0, 0.1) is 0 Å². The fourth-order valence-electron chi connectivity index (χ4n) is 0.153. The van der Waals surface area contributed by atoms with Crippen molar-refractivity contribution < 1.29 is 0 Å². The van der Waals surface area contributed by atoms with Crippen LogP contribution in [0.4, 0.5) is 0 Å². The summed E-state index contributed by atoms with van der Waals surface area (Å²) in [6.45, 7) is 2.00. The Hall–Kier alpha value is 0.210. The molecule has 34 valence electrons. The Morgan fingerprint density at radius 1 is 1.33 bits per heavy atom. The summed E-state index contributed by atoms with van der Waals surface area (Å²) in [5.41, 5.74) is 0. The standard InChI is InChI=1S/C5H7I/c1-2-3-4-5-6/h2-5H,1H3/b3-2+,5-4+. The van der Waals surface area contributed by atoms with Crippen molar-refractivity contribution in [3.05, 3.63) is 22.3 Å². The molecular weight excluding hydrogens is 187 g/mol. The van der Waals surface area contributed by atoms with Gasteiger partial charge < -0.3 is 0 Å². The quantitative estimate of drug-likeness (QED) is 0.444. The highest BCUT2D eigenvalue weighted by atomic mass is 127. The van der Waals surface area contributed by atoms with Crippen LogP contribution in [0.2, 0.25) is 0 Å². The summed E-state index contributed by atoms with van der Waals surface area (Å²) >= 11 is 2.18. The van der Waals surface area contributed by atoms with Gasteiger partial charge in [0, 0.05) is 0 Å². The Bertz CT molecular complexity index is 52.3. The summed E-state index contributed by atoms with van der Waals surface area (Å²) in [5.74, 6) is 0. The topological polar surface area (TPSA) is 0 Å². The van der Waals surface area contributed by atoms with Crippen LogP contribution in [-0.4, -0.2) is 0 Å². The molecule has 1 heteroatoms. The van der Waals surface area contributed by atoms with Crippen molar-refractivity contribution >= 4 is 22.6 Å². The van der Waals surface area contributed by atoms with E-state index in [2.05, 4.69) is 22.6 Å². The number of halogens is 1. The summed E-state index contributed by atoms with van der Waals surface area (Å²) in [6.07, 6.45) is 5.97. The van der Waals surface area contributed by atoms with Gasteiger partial charge in [0.2, 0.25) is 0 Å². The van der Waals surface area contributed by atoms with Crippen molar-refractivity contribution in [3.8, 4) is 0 Å². The fraction of sp³-hybridized carbons (Fsp3) is 0.200. The largest absolute Gasteiger partial charge is 0.0876 e. The number of allylic oxidation sites excluding steroid dienone is 3. The zero-order valence-electron chi connectivity index (χ0n) is 3.69. The van der Waals surface area contributed by atoms with E-state index < -0.39 is 0 Å². The molecule has 0 N–H and O–H groups in total. The van der Waals surface area contributed by atoms with Crippen molar-refractivity contribution in [2.45, 2.75) is 6.92 Å². The van der Waals surface area contributed by atoms with E-state index in [0.29, 0.717) is 0 Å². The lowest BCUT2D eigenvalue weighted by Gasteiger charge is -1.61. The lowest BCUT2D eigenvalue weighted by molar-refractivity contribution is 1.74. The zero-order chi connectivity index (χ0) is 4.83. The molecule has 0 saturated heterocycles. The van der Waals surface area contributed by atoms with E-state index in [1.54, 1.807) is 0 Å². The molecule has 6 heavy (non-hydrogen) atoms. The molecule has 0 aliphatic heterocycles. The van der Waals surface area contributed by atoms with Gasteiger partial charge in [0.05, 0.1) is 0 Å². The van der Waals surface area contributed by atoms with Gasteiger partial charge in [-0.3, -0.25) is 0 Å². The summed E-state index contributed by atoms with van der Waals surface area (Å²) in [6, 6.07) is 0. The van der Waals surface area contributed by atoms with Crippen LogP contribution >= 0.6 is 22.6 Å². The van der Waals surface area contributed by atoms with Crippen LogP contribution in [0.3, 0.4) is 0 Å². The smallest absolute Gasteiger partial charge is 0.0234 e. The van der Waals surface area contributed by atoms with Crippen molar-refractivity contribution in [1.29, 1.82) is 0 Å². The minimum absolute atomic E-state index is 1.97. The van der Waals surface area contributed by atoms with E-state index in [-0.39, 0.29) is 0 Å². The van der Waals surface area contributed by atoms with Crippen LogP contribution < -0.4 is 0 Å². The molecule has 0 fully saturated rings. The SMILES string of the molecule is C/C=C/C=C/I. The Labute approximate surface area is 52.1 Å². The van der Waals surface area contributed by atoms with Gasteiger partial charge in [-0.25, -0.2) is 0 Å². The first-order chi connectivity index (χ1) is 2.91. The molecule has 0 radical (unpaired) electrons. The molecule has 0 aromatic heterocycles. The minimum Gasteiger partial charge on any atom is -0.0876 e. The lowest BCUT2D eigenvalue weighted by Crippen LogP contribution is -1.37. The number of hydrogen-bond acceptors (Lipinski definition) is 0. The van der Waals surface area contributed by atoms with Crippen molar-refractivity contribution in [2.75, 3.05) is 0 Å². The molecule has 0 bridgehead atoms. The molecule has 0 aromatic rings. The van der Waals surface area contributed by atoms with Crippen LogP contribution in [-0.2, 0) is 0 Å². The predicted molar refractivity (Wildman–Crippen MR) is 38.0 cm³/mol. The Balaban J connectivity index is 3.07. The predicted octanol–water partition coefficient (Wildman–Crippen LogP) is 2.51. The van der Waals surface area contributed by atoms with Gasteiger partial charge in [0.25, 0.3) is 0 Å². The first-order valence-corrected chi connectivity index (χ1v) is 3.04. The maximum atomic E-state index is 2.18. The highest BCUT2D eigenvalue weighted by Gasteiger charge is 1.50. The maximum absolute atomic E-state index is 2.18. The molecule has 0 aromatic carbocycles. The monoisotopic (exact) mass is 194 g/mol. The second-order valence-corrected chi connectivity index (χ2v) is 1.56. The van der Waals surface area contributed by atoms with E-state index in [4.69, 9.17) is 0 Å². The van der Waals surface area contributed by atoms with Crippen LogP contribution in [0.25, 0.3) is 0 Å². The molecule has 0 nitrogen and oxygen atoms in total. The van der Waals surface area contributed by atoms with Gasteiger partial charge in [-0.05, 0) is 11.0 Å². The summed E-state index contributed by atoms with van der Waals surface area (Å²) < 4.78 is 1.97. The Morgan fingerprint density at radius 3 is 2.17 bits per heavy atom. The third-order valence-electron chi connectivity index (χ3n) is 0.376. The zero-order valence-corrected chi connectivity index (χ0v) is 5.84. The molecule has 0 unspecified atom stereocenters. The van der Waals surface area contributed by atoms with Crippen LogP contribution in [0.5, 0.6) is 0 Å². The van der Waals surface area contributed by atoms with E-state index in [9.17, 15) is 0 Å². The molecule has 0 amide bonds. The number of rotatable bonds is 1. The first-order valence-electron chi connectivity index (χ1n) is 1.80. The molecule has 0 rings (SSSR count). The number of hydrogen-bond donors (Lipinski definition) is 0. The highest BCUT2D eigenvalue weighted by Crippen LogP contribution is 1.82. The Kier molecular flexibility index (Phi) is 5.39. The average molecular weight is 194 g/mol. The molecule has 0 aliphatic carbocycles. The Morgan fingerprint density at radius 2 is 2.00 bits per heavy atom. The van der Waals surface area contributed by atoms with Gasteiger partial charge in [-0.2, -0.15) is 0 Å². The average Bonchev–Trinajstić information content (AvgIpc) is 1.61. The molecule has 0 heterocycles. The first kappa shape index (κ1) is 6.21. The lowest BCUT2D eigenvalue weighted by atomic mass is 10.5. The summed E-state index contributed by atoms with van der Waals surface area (Å²) in [4.78, 5) is 0. The van der Waals surface area contributed by atoms with Crippen molar-refractivity contribution in [1.82, 2.24) is 0 Å². The second kappa shape index (κ2) is 5.21. The second-order valence-electron chi connectivity index (χ2n) is 0.844. The molecule has 0 saturated carbocycles. The van der Waals surface area contributed by atoms with Crippen LogP contribution in [0.1, 0.15) is 6.92 Å². The maximum Gasteiger partial charge on any atom is -0.0234 e. The molecule has 0 atom stereocenters. The fourth-order valence-corrected chi connectivity index (χ4v) is 0.393. The van der Waals surface area contributed by atoms with E-state index in [0.717, 1.165) is 0 Å². The van der Waals surface area contributed by atoms with Gasteiger partial charge in [-0.15, -0.1) is 0 Å². The van der Waals surface area contributed by atoms with E-state index in [1.165, 1.54) is 0 Å². The highest BCUT2D eigenvalue weighted by molar-refractivity contribution is 14.1. The third-order valence-corrected chi connectivity index (χ3v) is 0.792. The van der Waals surface area contributed by atoms with Crippen molar-refractivity contribution in [2.24, 2.45) is 0 Å². The van der Waals surface area contributed by atoms with Gasteiger partial charge in [-0.1, -0.05) is 40.8 Å². The normalized spacial score (nSPS) is 11.7. The van der Waals surface area contributed by atoms with Gasteiger partial charge in [0.15, 0.2) is 0 Å². The summed E-state index contributed by atoms with van der Waals surface area (Å²) in [5, 5.41) is 0. The summed E-state index contributed by atoms with van der Waals surface area (Å²) in [7, 11) is 0. The minimum atomic E-state index is 1.97. The molecule has 0 aliphatic rings. The molecular formula is C5H7I. The molecule has 0 spiro atoms. The van der Waals surface area contributed by atoms with E-state index in [1.807, 2.05) is 29.2 Å². The third kappa shape index (κ3) is 4.21.